The molecule has 0 bridgehead atoms. The zero-order chi connectivity index (χ0) is 31.7. The number of fused-ring (bicyclic) bond motifs is 3. The highest BCUT2D eigenvalue weighted by Gasteiger charge is 2.80. The van der Waals surface area contributed by atoms with Crippen molar-refractivity contribution in [3.63, 3.8) is 0 Å². The monoisotopic (exact) mass is 622 g/mol. The number of rotatable bonds is 8. The Balaban J connectivity index is 1.26. The van der Waals surface area contributed by atoms with Crippen molar-refractivity contribution >= 4 is 18.0 Å². The molecule has 44 heavy (non-hydrogen) atoms. The third-order valence-electron chi connectivity index (χ3n) is 7.26. The lowest BCUT2D eigenvalue weighted by Gasteiger charge is -2.30. The van der Waals surface area contributed by atoms with E-state index in [9.17, 15) is 40.7 Å². The molecular weight excluding hydrogens is 598 g/mol. The molecule has 1 fully saturated rings. The third-order valence-corrected chi connectivity index (χ3v) is 7.26. The lowest BCUT2D eigenvalue weighted by atomic mass is 9.98. The first kappa shape index (κ1) is 30.9. The molecule has 1 aliphatic carbocycles. The number of esters is 1. The van der Waals surface area contributed by atoms with E-state index in [-0.39, 0.29) is 18.9 Å². The fourth-order valence-corrected chi connectivity index (χ4v) is 5.17. The molecule has 1 aliphatic heterocycles. The van der Waals surface area contributed by atoms with Crippen molar-refractivity contribution in [2.75, 3.05) is 13.2 Å². The highest BCUT2D eigenvalue weighted by Crippen LogP contribution is 2.50. The van der Waals surface area contributed by atoms with Crippen molar-refractivity contribution in [1.82, 2.24) is 10.6 Å². The van der Waals surface area contributed by atoms with Crippen molar-refractivity contribution in [2.24, 2.45) is 0 Å². The second-order valence-electron chi connectivity index (χ2n) is 10.1. The summed E-state index contributed by atoms with van der Waals surface area (Å²) in [7, 11) is 0. The van der Waals surface area contributed by atoms with Crippen molar-refractivity contribution in [3.8, 4) is 11.1 Å². The van der Waals surface area contributed by atoms with Gasteiger partial charge in [0.2, 0.25) is 5.91 Å². The van der Waals surface area contributed by atoms with E-state index >= 15 is 0 Å². The van der Waals surface area contributed by atoms with Crippen LogP contribution in [-0.4, -0.2) is 61.4 Å². The molecule has 1 saturated heterocycles. The van der Waals surface area contributed by atoms with Gasteiger partial charge in [-0.2, -0.15) is 26.3 Å². The van der Waals surface area contributed by atoms with E-state index in [1.807, 2.05) is 48.5 Å². The number of carbonyl (C=O) groups excluding carboxylic acids is 3. The van der Waals surface area contributed by atoms with Crippen LogP contribution in [0.25, 0.3) is 11.1 Å². The first-order valence-electron chi connectivity index (χ1n) is 13.3. The maximum Gasteiger partial charge on any atom is 0.465 e. The Kier molecular flexibility index (Phi) is 8.30. The Morgan fingerprint density at radius 2 is 1.39 bits per heavy atom. The van der Waals surface area contributed by atoms with Gasteiger partial charge in [-0.05, 0) is 27.8 Å². The zero-order valence-corrected chi connectivity index (χ0v) is 22.6. The third kappa shape index (κ3) is 5.94. The van der Waals surface area contributed by atoms with Crippen LogP contribution in [-0.2, 0) is 30.2 Å². The number of hydrogen-bond donors (Lipinski definition) is 2. The van der Waals surface area contributed by atoms with E-state index in [4.69, 9.17) is 4.74 Å². The van der Waals surface area contributed by atoms with Crippen LogP contribution in [0.3, 0.4) is 0 Å². The molecule has 2 aliphatic rings. The summed E-state index contributed by atoms with van der Waals surface area (Å²) < 4.78 is 92.6. The number of hydrogen-bond acceptors (Lipinski definition) is 6. The lowest BCUT2D eigenvalue weighted by Crippen LogP contribution is -2.58. The number of alkyl carbamates (subject to hydrolysis) is 1. The largest absolute Gasteiger partial charge is 0.465 e. The molecular formula is C30H24F6N2O6. The number of ether oxygens (including phenoxy) is 3. The predicted octanol–water partition coefficient (Wildman–Crippen LogP) is 5.02. The predicted molar refractivity (Wildman–Crippen MR) is 141 cm³/mol. The second kappa shape index (κ2) is 11.8. The van der Waals surface area contributed by atoms with Gasteiger partial charge >= 0.3 is 30.2 Å². The summed E-state index contributed by atoms with van der Waals surface area (Å²) in [5.74, 6) is -8.45. The lowest BCUT2D eigenvalue weighted by molar-refractivity contribution is -0.439. The highest BCUT2D eigenvalue weighted by atomic mass is 19.4. The van der Waals surface area contributed by atoms with Gasteiger partial charge < -0.3 is 24.8 Å². The van der Waals surface area contributed by atoms with Gasteiger partial charge in [0.25, 0.3) is 0 Å². The average molecular weight is 623 g/mol. The van der Waals surface area contributed by atoms with Crippen molar-refractivity contribution in [1.29, 1.82) is 0 Å². The number of benzene rings is 3. The molecule has 2 atom stereocenters. The molecule has 0 radical (unpaired) electrons. The van der Waals surface area contributed by atoms with Gasteiger partial charge in [-0.15, -0.1) is 0 Å². The van der Waals surface area contributed by atoms with Crippen LogP contribution >= 0.6 is 0 Å². The van der Waals surface area contributed by atoms with Crippen LogP contribution in [0, 0.1) is 0 Å². The van der Waals surface area contributed by atoms with Gasteiger partial charge in [-0.1, -0.05) is 78.9 Å². The molecule has 3 aromatic rings. The van der Waals surface area contributed by atoms with Crippen LogP contribution in [0.2, 0.25) is 0 Å². The summed E-state index contributed by atoms with van der Waals surface area (Å²) in [6.07, 6.45) is -15.8. The first-order valence-corrected chi connectivity index (χ1v) is 13.3. The smallest absolute Gasteiger partial charge is 0.449 e. The van der Waals surface area contributed by atoms with E-state index in [2.05, 4.69) is 20.1 Å². The number of amides is 2. The van der Waals surface area contributed by atoms with Crippen molar-refractivity contribution in [3.05, 3.63) is 95.6 Å². The highest BCUT2D eigenvalue weighted by molar-refractivity contribution is 5.87. The van der Waals surface area contributed by atoms with Gasteiger partial charge in [0.1, 0.15) is 12.6 Å². The molecule has 3 aromatic carbocycles. The summed E-state index contributed by atoms with van der Waals surface area (Å²) in [6, 6.07) is 22.1. The van der Waals surface area contributed by atoms with E-state index in [0.717, 1.165) is 22.3 Å². The molecule has 1 heterocycles. The fourth-order valence-electron chi connectivity index (χ4n) is 5.17. The van der Waals surface area contributed by atoms with Crippen molar-refractivity contribution < 1.29 is 54.9 Å². The Hall–Kier alpha value is -4.59. The van der Waals surface area contributed by atoms with Crippen LogP contribution < -0.4 is 10.6 Å². The minimum Gasteiger partial charge on any atom is -0.449 e. The van der Waals surface area contributed by atoms with E-state index in [1.54, 1.807) is 30.3 Å². The molecule has 0 aromatic heterocycles. The summed E-state index contributed by atoms with van der Waals surface area (Å²) in [4.78, 5) is 37.9. The van der Waals surface area contributed by atoms with Gasteiger partial charge in [0.05, 0.1) is 6.54 Å². The fraction of sp³-hybridized carbons (Fsp3) is 0.300. The summed E-state index contributed by atoms with van der Waals surface area (Å²) in [5.41, 5.74) is 4.43. The van der Waals surface area contributed by atoms with Crippen LogP contribution in [0.5, 0.6) is 0 Å². The van der Waals surface area contributed by atoms with Gasteiger partial charge in [-0.25, -0.2) is 9.59 Å². The number of nitrogens with one attached hydrogen (secondary N) is 2. The van der Waals surface area contributed by atoms with E-state index in [1.165, 1.54) is 0 Å². The summed E-state index contributed by atoms with van der Waals surface area (Å²) in [5, 5.41) is 4.47. The van der Waals surface area contributed by atoms with Crippen LogP contribution in [0.1, 0.15) is 22.6 Å². The minimum absolute atomic E-state index is 0.0851. The SMILES string of the molecule is O=C(N[C@@H](Cc1ccccc1)C(=O)NC[C@@H]1OC(C(F)(F)F)(C(F)(F)F)OC1=O)OCC1c2ccccc2-c2ccccc21. The van der Waals surface area contributed by atoms with Crippen LogP contribution in [0.4, 0.5) is 31.1 Å². The number of halogens is 6. The number of cyclic esters (lactones) is 1. The molecule has 232 valence electrons. The molecule has 2 amide bonds. The summed E-state index contributed by atoms with van der Waals surface area (Å²) >= 11 is 0. The van der Waals surface area contributed by atoms with Gasteiger partial charge in [0.15, 0.2) is 6.10 Å². The topological polar surface area (TPSA) is 103 Å². The molecule has 0 unspecified atom stereocenters. The molecule has 2 N–H and O–H groups in total. The molecule has 0 saturated carbocycles. The average Bonchev–Trinajstić information content (AvgIpc) is 3.50. The Morgan fingerprint density at radius 1 is 0.841 bits per heavy atom. The Bertz CT molecular complexity index is 1490. The Morgan fingerprint density at radius 3 is 1.93 bits per heavy atom. The first-order chi connectivity index (χ1) is 20.8. The van der Waals surface area contributed by atoms with Crippen molar-refractivity contribution in [2.45, 2.75) is 42.6 Å². The standard InChI is InChI=1S/C30H24F6N2O6/c31-29(32,33)28(30(34,35)36)43-24(26(40)44-28)15-37-25(39)23(14-17-8-2-1-3-9-17)38-27(41)42-16-22-20-12-6-4-10-18(20)19-11-5-7-13-21(19)22/h1-13,22-24H,14-16H2,(H,37,39)(H,38,41)/t23-,24-/m0/s1. The molecule has 14 heteroatoms. The second-order valence-corrected chi connectivity index (χ2v) is 10.1. The van der Waals surface area contributed by atoms with Crippen LogP contribution in [0.15, 0.2) is 78.9 Å². The minimum atomic E-state index is -6.14. The Labute approximate surface area is 246 Å². The quantitative estimate of drug-likeness (QED) is 0.271. The number of alkyl halides is 6. The molecule has 0 spiro atoms. The van der Waals surface area contributed by atoms with Gasteiger partial charge in [-0.3, -0.25) is 4.79 Å². The van der Waals surface area contributed by atoms with Gasteiger partial charge in [0, 0.05) is 12.3 Å². The van der Waals surface area contributed by atoms with E-state index in [0.29, 0.717) is 5.56 Å². The van der Waals surface area contributed by atoms with E-state index < -0.39 is 54.8 Å². The maximum absolute atomic E-state index is 13.2. The number of carbonyl (C=O) groups is 3. The summed E-state index contributed by atoms with van der Waals surface area (Å²) in [6.45, 7) is -1.18. The normalized spacial score (nSPS) is 18.1. The zero-order valence-electron chi connectivity index (χ0n) is 22.6. The molecule has 5 rings (SSSR count). The maximum atomic E-state index is 13.2. The molecule has 8 nitrogen and oxygen atoms in total.